The van der Waals surface area contributed by atoms with Gasteiger partial charge >= 0.3 is 0 Å². The number of aliphatic hydroxyl groups is 1. The van der Waals surface area contributed by atoms with Crippen LogP contribution in [0.5, 0.6) is 5.75 Å². The van der Waals surface area contributed by atoms with Gasteiger partial charge in [0.2, 0.25) is 0 Å². The van der Waals surface area contributed by atoms with Gasteiger partial charge in [-0.1, -0.05) is 17.7 Å². The number of rotatable bonds is 3. The fraction of sp³-hybridized carbons (Fsp3) is 0.318. The molecule has 0 spiro atoms. The van der Waals surface area contributed by atoms with Crippen molar-refractivity contribution in [3.8, 4) is 5.75 Å². The van der Waals surface area contributed by atoms with E-state index in [-0.39, 0.29) is 24.0 Å². The minimum Gasteiger partial charge on any atom is -0.486 e. The predicted octanol–water partition coefficient (Wildman–Crippen LogP) is 4.58. The molecular weight excluding hydrogens is 397 g/mol. The summed E-state index contributed by atoms with van der Waals surface area (Å²) in [6.07, 6.45) is -0.293. The van der Waals surface area contributed by atoms with Crippen LogP contribution in [-0.2, 0) is 0 Å². The highest BCUT2D eigenvalue weighted by Gasteiger charge is 2.42. The monoisotopic (exact) mass is 417 g/mol. The van der Waals surface area contributed by atoms with E-state index in [1.165, 1.54) is 18.2 Å². The van der Waals surface area contributed by atoms with Crippen LogP contribution in [0.3, 0.4) is 0 Å². The number of aryl methyl sites for hydroxylation is 1. The van der Waals surface area contributed by atoms with Gasteiger partial charge in [0, 0.05) is 22.5 Å². The number of likely N-dealkylation sites (tertiary alicyclic amines) is 1. The standard InChI is InChI=1S/C22H21ClFNO4/c1-13-17-11-15(24)6-7-18(17)29-20(13)21(26)25-9-8-22(2,27)19(12-25)28-16-5-3-4-14(23)10-16/h3-7,10-11,19,27H,8-9,12H2,1-2H3/t19-,22-/m0/s1. The summed E-state index contributed by atoms with van der Waals surface area (Å²) in [5.41, 5.74) is -0.0531. The van der Waals surface area contributed by atoms with E-state index in [0.29, 0.717) is 40.3 Å². The molecule has 0 bridgehead atoms. The summed E-state index contributed by atoms with van der Waals surface area (Å²) in [5.74, 6) is -0.000165. The number of furan rings is 1. The van der Waals surface area contributed by atoms with Gasteiger partial charge < -0.3 is 19.2 Å². The van der Waals surface area contributed by atoms with Gasteiger partial charge in [0.1, 0.15) is 28.9 Å². The highest BCUT2D eigenvalue weighted by Crippen LogP contribution is 2.31. The topological polar surface area (TPSA) is 62.9 Å². The molecule has 1 aliphatic heterocycles. The number of piperidine rings is 1. The minimum absolute atomic E-state index is 0.175. The van der Waals surface area contributed by atoms with E-state index in [0.717, 1.165) is 0 Å². The highest BCUT2D eigenvalue weighted by molar-refractivity contribution is 6.30. The number of halogens is 2. The van der Waals surface area contributed by atoms with Crippen molar-refractivity contribution in [3.63, 3.8) is 0 Å². The summed E-state index contributed by atoms with van der Waals surface area (Å²) in [7, 11) is 0. The Labute approximate surface area is 172 Å². The number of nitrogens with zero attached hydrogens (tertiary/aromatic N) is 1. The first kappa shape index (κ1) is 19.7. The van der Waals surface area contributed by atoms with Crippen molar-refractivity contribution in [3.05, 3.63) is 64.6 Å². The van der Waals surface area contributed by atoms with Crippen LogP contribution in [0, 0.1) is 12.7 Å². The summed E-state index contributed by atoms with van der Waals surface area (Å²) in [4.78, 5) is 14.7. The van der Waals surface area contributed by atoms with E-state index >= 15 is 0 Å². The number of ether oxygens (including phenoxy) is 1. The largest absolute Gasteiger partial charge is 0.486 e. The third kappa shape index (κ3) is 3.82. The van der Waals surface area contributed by atoms with Crippen molar-refractivity contribution in [1.82, 2.24) is 4.90 Å². The van der Waals surface area contributed by atoms with Crippen molar-refractivity contribution in [2.75, 3.05) is 13.1 Å². The fourth-order valence-electron chi connectivity index (χ4n) is 3.60. The second-order valence-electron chi connectivity index (χ2n) is 7.62. The summed E-state index contributed by atoms with van der Waals surface area (Å²) in [6.45, 7) is 3.97. The van der Waals surface area contributed by atoms with Gasteiger partial charge in [-0.2, -0.15) is 0 Å². The van der Waals surface area contributed by atoms with Crippen LogP contribution in [-0.4, -0.2) is 40.7 Å². The molecule has 7 heteroatoms. The zero-order chi connectivity index (χ0) is 20.8. The predicted molar refractivity (Wildman–Crippen MR) is 108 cm³/mol. The molecule has 1 amide bonds. The number of hydrogen-bond acceptors (Lipinski definition) is 4. The number of hydrogen-bond donors (Lipinski definition) is 1. The first-order valence-electron chi connectivity index (χ1n) is 9.37. The van der Waals surface area contributed by atoms with Gasteiger partial charge in [-0.15, -0.1) is 0 Å². The van der Waals surface area contributed by atoms with E-state index in [9.17, 15) is 14.3 Å². The Hall–Kier alpha value is -2.57. The van der Waals surface area contributed by atoms with Crippen LogP contribution in [0.4, 0.5) is 4.39 Å². The molecule has 4 rings (SSSR count). The van der Waals surface area contributed by atoms with Crippen LogP contribution >= 0.6 is 11.6 Å². The van der Waals surface area contributed by atoms with Gasteiger partial charge in [-0.05, 0) is 56.7 Å². The molecule has 2 heterocycles. The molecule has 0 unspecified atom stereocenters. The van der Waals surface area contributed by atoms with E-state index in [4.69, 9.17) is 20.8 Å². The lowest BCUT2D eigenvalue weighted by Crippen LogP contribution is -2.57. The van der Waals surface area contributed by atoms with Gasteiger partial charge in [-0.3, -0.25) is 4.79 Å². The Kier molecular flexibility index (Phi) is 5.00. The summed E-state index contributed by atoms with van der Waals surface area (Å²) >= 11 is 6.01. The molecule has 3 aromatic rings. The zero-order valence-electron chi connectivity index (χ0n) is 16.1. The number of benzene rings is 2. The maximum absolute atomic E-state index is 13.6. The molecule has 2 atom stereocenters. The Morgan fingerprint density at radius 2 is 2.14 bits per heavy atom. The van der Waals surface area contributed by atoms with E-state index in [2.05, 4.69) is 0 Å². The molecule has 29 heavy (non-hydrogen) atoms. The second-order valence-corrected chi connectivity index (χ2v) is 8.06. The van der Waals surface area contributed by atoms with Crippen molar-refractivity contribution in [1.29, 1.82) is 0 Å². The molecule has 0 radical (unpaired) electrons. The molecule has 1 aromatic heterocycles. The van der Waals surface area contributed by atoms with Crippen molar-refractivity contribution in [2.24, 2.45) is 0 Å². The average molecular weight is 418 g/mol. The zero-order valence-corrected chi connectivity index (χ0v) is 16.9. The summed E-state index contributed by atoms with van der Waals surface area (Å²) in [5, 5.41) is 11.9. The molecule has 2 aromatic carbocycles. The second kappa shape index (κ2) is 7.35. The van der Waals surface area contributed by atoms with Crippen LogP contribution in [0.25, 0.3) is 11.0 Å². The SMILES string of the molecule is Cc1c(C(=O)N2CC[C@](C)(O)[C@@H](Oc3cccc(Cl)c3)C2)oc2ccc(F)cc12. The van der Waals surface area contributed by atoms with Crippen LogP contribution in [0.15, 0.2) is 46.9 Å². The number of carbonyl (C=O) groups is 1. The van der Waals surface area contributed by atoms with Gasteiger partial charge in [0.25, 0.3) is 5.91 Å². The smallest absolute Gasteiger partial charge is 0.290 e. The normalized spacial score (nSPS) is 22.1. The Bertz CT molecular complexity index is 1080. The lowest BCUT2D eigenvalue weighted by atomic mass is 9.90. The fourth-order valence-corrected chi connectivity index (χ4v) is 3.78. The van der Waals surface area contributed by atoms with E-state index in [1.54, 1.807) is 43.0 Å². The van der Waals surface area contributed by atoms with E-state index in [1.807, 2.05) is 0 Å². The number of amides is 1. The average Bonchev–Trinajstić information content (AvgIpc) is 2.99. The van der Waals surface area contributed by atoms with Crippen LogP contribution in [0.2, 0.25) is 5.02 Å². The third-order valence-electron chi connectivity index (χ3n) is 5.42. The molecule has 0 saturated carbocycles. The Balaban J connectivity index is 1.59. The third-order valence-corrected chi connectivity index (χ3v) is 5.66. The van der Waals surface area contributed by atoms with Crippen molar-refractivity contribution < 1.29 is 23.4 Å². The summed E-state index contributed by atoms with van der Waals surface area (Å²) in [6, 6.07) is 11.1. The van der Waals surface area contributed by atoms with Crippen LogP contribution < -0.4 is 4.74 Å². The van der Waals surface area contributed by atoms with Gasteiger partial charge in [0.15, 0.2) is 5.76 Å². The molecule has 0 aliphatic carbocycles. The highest BCUT2D eigenvalue weighted by atomic mass is 35.5. The maximum atomic E-state index is 13.6. The van der Waals surface area contributed by atoms with Gasteiger partial charge in [-0.25, -0.2) is 4.39 Å². The molecular formula is C22H21ClFNO4. The lowest BCUT2D eigenvalue weighted by Gasteiger charge is -2.42. The molecule has 1 saturated heterocycles. The minimum atomic E-state index is -1.11. The quantitative estimate of drug-likeness (QED) is 0.677. The molecule has 5 nitrogen and oxygen atoms in total. The van der Waals surface area contributed by atoms with E-state index < -0.39 is 11.7 Å². The number of carbonyl (C=O) groups excluding carboxylic acids is 1. The van der Waals surface area contributed by atoms with Crippen molar-refractivity contribution >= 4 is 28.5 Å². The molecule has 152 valence electrons. The van der Waals surface area contributed by atoms with Crippen LogP contribution in [0.1, 0.15) is 29.5 Å². The van der Waals surface area contributed by atoms with Crippen molar-refractivity contribution in [2.45, 2.75) is 32.0 Å². The molecule has 1 N–H and O–H groups in total. The first-order valence-corrected chi connectivity index (χ1v) is 9.75. The molecule has 1 aliphatic rings. The Morgan fingerprint density at radius 3 is 2.90 bits per heavy atom. The molecule has 1 fully saturated rings. The number of fused-ring (bicyclic) bond motifs is 1. The maximum Gasteiger partial charge on any atom is 0.290 e. The lowest BCUT2D eigenvalue weighted by molar-refractivity contribution is -0.0884. The Morgan fingerprint density at radius 1 is 1.34 bits per heavy atom. The van der Waals surface area contributed by atoms with Gasteiger partial charge in [0.05, 0.1) is 6.54 Å². The first-order chi connectivity index (χ1) is 13.7. The summed E-state index contributed by atoms with van der Waals surface area (Å²) < 4.78 is 25.2.